The molecule has 0 aromatic heterocycles. The van der Waals surface area contributed by atoms with Gasteiger partial charge in [-0.15, -0.1) is 5.54 Å². The molecule has 0 atom stereocenters. The van der Waals surface area contributed by atoms with Crippen LogP contribution in [0.1, 0.15) is 0 Å². The van der Waals surface area contributed by atoms with E-state index in [4.69, 9.17) is 4.74 Å². The van der Waals surface area contributed by atoms with Crippen LogP contribution in [0.5, 0.6) is 0 Å². The van der Waals surface area contributed by atoms with Crippen molar-refractivity contribution < 1.29 is 4.74 Å². The lowest BCUT2D eigenvalue weighted by Gasteiger charge is -2.14. The predicted octanol–water partition coefficient (Wildman–Crippen LogP) is 1.79. The molecular weight excluding hydrogens is 188 g/mol. The zero-order chi connectivity index (χ0) is 10.4. The van der Waals surface area contributed by atoms with Crippen molar-refractivity contribution in [3.63, 3.8) is 0 Å². The fourth-order valence-corrected chi connectivity index (χ4v) is 2.94. The lowest BCUT2D eigenvalue weighted by atomic mass is 10.4. The first-order valence-corrected chi connectivity index (χ1v) is 7.71. The molecule has 0 aliphatic rings. The van der Waals surface area contributed by atoms with Crippen molar-refractivity contribution in [1.29, 1.82) is 0 Å². The van der Waals surface area contributed by atoms with Gasteiger partial charge in [0.1, 0.15) is 6.61 Å². The van der Waals surface area contributed by atoms with Gasteiger partial charge in [0.05, 0.1) is 0 Å². The van der Waals surface area contributed by atoms with Crippen LogP contribution in [0.25, 0.3) is 0 Å². The Hall–Kier alpha value is -1.04. The van der Waals surface area contributed by atoms with E-state index in [1.807, 2.05) is 6.07 Å². The van der Waals surface area contributed by atoms with Gasteiger partial charge in [-0.2, -0.15) is 0 Å². The monoisotopic (exact) mass is 204 g/mol. The summed E-state index contributed by atoms with van der Waals surface area (Å²) in [4.78, 5) is 0. The first-order chi connectivity index (χ1) is 6.67. The first-order valence-electron chi connectivity index (χ1n) is 4.71. The van der Waals surface area contributed by atoms with Gasteiger partial charge in [0, 0.05) is 7.11 Å². The van der Waals surface area contributed by atoms with E-state index in [1.165, 1.54) is 5.19 Å². The molecule has 0 saturated heterocycles. The van der Waals surface area contributed by atoms with Crippen LogP contribution in [0.2, 0.25) is 13.1 Å². The van der Waals surface area contributed by atoms with Gasteiger partial charge in [0.25, 0.3) is 0 Å². The van der Waals surface area contributed by atoms with Crippen molar-refractivity contribution in [1.82, 2.24) is 0 Å². The van der Waals surface area contributed by atoms with Gasteiger partial charge in [-0.3, -0.25) is 0 Å². The molecule has 1 aromatic rings. The highest BCUT2D eigenvalue weighted by Crippen LogP contribution is 2.00. The summed E-state index contributed by atoms with van der Waals surface area (Å²) in [6, 6.07) is 10.5. The molecule has 0 aliphatic heterocycles. The second kappa shape index (κ2) is 4.99. The van der Waals surface area contributed by atoms with Crippen molar-refractivity contribution in [2.24, 2.45) is 0 Å². The number of rotatable bonds is 2. The van der Waals surface area contributed by atoms with E-state index < -0.39 is 8.07 Å². The van der Waals surface area contributed by atoms with E-state index in [2.05, 4.69) is 48.8 Å². The van der Waals surface area contributed by atoms with Gasteiger partial charge in [0.15, 0.2) is 8.07 Å². The highest BCUT2D eigenvalue weighted by Gasteiger charge is 2.19. The average molecular weight is 204 g/mol. The van der Waals surface area contributed by atoms with Crippen LogP contribution in [-0.4, -0.2) is 21.8 Å². The van der Waals surface area contributed by atoms with Gasteiger partial charge < -0.3 is 4.74 Å². The van der Waals surface area contributed by atoms with Crippen molar-refractivity contribution in [3.05, 3.63) is 30.3 Å². The third kappa shape index (κ3) is 3.02. The zero-order valence-corrected chi connectivity index (χ0v) is 10.0. The molecule has 0 N–H and O–H groups in total. The Labute approximate surface area is 87.1 Å². The minimum Gasteiger partial charge on any atom is -0.372 e. The minimum atomic E-state index is -1.56. The highest BCUT2D eigenvalue weighted by atomic mass is 28.3. The topological polar surface area (TPSA) is 9.23 Å². The van der Waals surface area contributed by atoms with Crippen LogP contribution in [0.3, 0.4) is 0 Å². The normalized spacial score (nSPS) is 10.5. The Morgan fingerprint density at radius 3 is 2.43 bits per heavy atom. The largest absolute Gasteiger partial charge is 0.372 e. The number of hydrogen-bond acceptors (Lipinski definition) is 1. The molecule has 0 aliphatic carbocycles. The number of hydrogen-bond donors (Lipinski definition) is 0. The lowest BCUT2D eigenvalue weighted by Crippen LogP contribution is -2.40. The second-order valence-corrected chi connectivity index (χ2v) is 7.80. The summed E-state index contributed by atoms with van der Waals surface area (Å²) in [5, 5.41) is 1.38. The predicted molar refractivity (Wildman–Crippen MR) is 63.2 cm³/mol. The zero-order valence-electron chi connectivity index (χ0n) is 9.00. The Kier molecular flexibility index (Phi) is 3.93. The summed E-state index contributed by atoms with van der Waals surface area (Å²) in [5.41, 5.74) is 3.34. The lowest BCUT2D eigenvalue weighted by molar-refractivity contribution is 0.240. The van der Waals surface area contributed by atoms with E-state index in [0.717, 1.165) is 0 Å². The molecule has 0 heterocycles. The van der Waals surface area contributed by atoms with Gasteiger partial charge >= 0.3 is 0 Å². The van der Waals surface area contributed by atoms with Crippen LogP contribution in [-0.2, 0) is 4.74 Å². The van der Waals surface area contributed by atoms with E-state index >= 15 is 0 Å². The fourth-order valence-electron chi connectivity index (χ4n) is 1.26. The van der Waals surface area contributed by atoms with Crippen LogP contribution >= 0.6 is 0 Å². The van der Waals surface area contributed by atoms with Crippen LogP contribution in [0.15, 0.2) is 30.3 Å². The standard InChI is InChI=1S/C12H16OSi/c1-13-10-7-11-14(2,3)12-8-5-4-6-9-12/h4-6,8-9H,10H2,1-3H3. The summed E-state index contributed by atoms with van der Waals surface area (Å²) in [7, 11) is 0.115. The smallest absolute Gasteiger partial charge is 0.162 e. The Morgan fingerprint density at radius 1 is 1.21 bits per heavy atom. The molecule has 2 heteroatoms. The molecule has 0 saturated carbocycles. The minimum absolute atomic E-state index is 0.531. The SMILES string of the molecule is COCC#C[Si](C)(C)c1ccccc1. The Balaban J connectivity index is 2.82. The van der Waals surface area contributed by atoms with E-state index in [9.17, 15) is 0 Å². The molecule has 0 amide bonds. The quantitative estimate of drug-likeness (QED) is 0.527. The highest BCUT2D eigenvalue weighted by molar-refractivity contribution is 6.96. The Bertz CT molecular complexity index is 332. The van der Waals surface area contributed by atoms with Gasteiger partial charge in [-0.25, -0.2) is 0 Å². The molecule has 0 unspecified atom stereocenters. The number of benzene rings is 1. The van der Waals surface area contributed by atoms with Crippen molar-refractivity contribution in [2.75, 3.05) is 13.7 Å². The molecule has 1 aromatic carbocycles. The van der Waals surface area contributed by atoms with E-state index in [-0.39, 0.29) is 0 Å². The Morgan fingerprint density at radius 2 is 1.86 bits per heavy atom. The van der Waals surface area contributed by atoms with Crippen LogP contribution in [0.4, 0.5) is 0 Å². The van der Waals surface area contributed by atoms with Crippen molar-refractivity contribution in [3.8, 4) is 11.5 Å². The molecule has 0 radical (unpaired) electrons. The molecule has 14 heavy (non-hydrogen) atoms. The molecule has 74 valence electrons. The van der Waals surface area contributed by atoms with E-state index in [1.54, 1.807) is 7.11 Å². The number of methoxy groups -OCH3 is 1. The summed E-state index contributed by atoms with van der Waals surface area (Å²) in [5.74, 6) is 3.06. The summed E-state index contributed by atoms with van der Waals surface area (Å²) in [6.45, 7) is 5.04. The fraction of sp³-hybridized carbons (Fsp3) is 0.333. The summed E-state index contributed by atoms with van der Waals surface area (Å²) >= 11 is 0. The molecule has 1 rings (SSSR count). The van der Waals surface area contributed by atoms with Crippen molar-refractivity contribution in [2.45, 2.75) is 13.1 Å². The summed E-state index contributed by atoms with van der Waals surface area (Å²) < 4.78 is 4.92. The maximum Gasteiger partial charge on any atom is 0.162 e. The second-order valence-electron chi connectivity index (χ2n) is 3.73. The first kappa shape index (κ1) is 11.0. The van der Waals surface area contributed by atoms with E-state index in [0.29, 0.717) is 6.61 Å². The average Bonchev–Trinajstić information content (AvgIpc) is 2.19. The molecule has 0 spiro atoms. The molecular formula is C12H16OSi. The molecule has 0 fully saturated rings. The maximum absolute atomic E-state index is 4.92. The van der Waals surface area contributed by atoms with Gasteiger partial charge in [-0.1, -0.05) is 49.3 Å². The maximum atomic E-state index is 4.92. The van der Waals surface area contributed by atoms with Crippen LogP contribution < -0.4 is 5.19 Å². The third-order valence-corrected chi connectivity index (χ3v) is 4.69. The third-order valence-electron chi connectivity index (χ3n) is 2.11. The number of ether oxygens (including phenoxy) is 1. The van der Waals surface area contributed by atoms with Crippen LogP contribution in [0, 0.1) is 11.5 Å². The molecule has 0 bridgehead atoms. The van der Waals surface area contributed by atoms with Crippen molar-refractivity contribution >= 4 is 13.3 Å². The van der Waals surface area contributed by atoms with Gasteiger partial charge in [-0.05, 0) is 5.19 Å². The summed E-state index contributed by atoms with van der Waals surface area (Å²) in [6.07, 6.45) is 0. The van der Waals surface area contributed by atoms with Gasteiger partial charge in [0.2, 0.25) is 0 Å². The molecule has 1 nitrogen and oxygen atoms in total.